The lowest BCUT2D eigenvalue weighted by Gasteiger charge is -2.18. The van der Waals surface area contributed by atoms with E-state index in [-0.39, 0.29) is 19.1 Å². The molecule has 2 amide bonds. The summed E-state index contributed by atoms with van der Waals surface area (Å²) >= 11 is 0. The number of para-hydroxylation sites is 1. The van der Waals surface area contributed by atoms with Crippen molar-refractivity contribution in [2.45, 2.75) is 25.6 Å². The van der Waals surface area contributed by atoms with Gasteiger partial charge < -0.3 is 20.4 Å². The molecular weight excluding hydrogens is 404 g/mol. The highest BCUT2D eigenvalue weighted by molar-refractivity contribution is 5.88. The molecule has 2 heterocycles. The van der Waals surface area contributed by atoms with Crippen molar-refractivity contribution in [1.29, 1.82) is 0 Å². The van der Waals surface area contributed by atoms with Crippen LogP contribution in [0.1, 0.15) is 16.8 Å². The van der Waals surface area contributed by atoms with Gasteiger partial charge in [0.05, 0.1) is 12.2 Å². The molecule has 0 saturated carbocycles. The zero-order valence-corrected chi connectivity index (χ0v) is 17.5. The Morgan fingerprint density at radius 1 is 0.969 bits per heavy atom. The summed E-state index contributed by atoms with van der Waals surface area (Å²) in [4.78, 5) is 32.9. The van der Waals surface area contributed by atoms with E-state index in [0.717, 1.165) is 27.7 Å². The third-order valence-corrected chi connectivity index (χ3v) is 5.09. The van der Waals surface area contributed by atoms with E-state index in [9.17, 15) is 9.59 Å². The number of alkyl carbamates (subject to hydrolysis) is 1. The minimum Gasteiger partial charge on any atom is -0.445 e. The Labute approximate surface area is 185 Å². The van der Waals surface area contributed by atoms with E-state index < -0.39 is 12.1 Å². The predicted molar refractivity (Wildman–Crippen MR) is 122 cm³/mol. The molecule has 4 rings (SSSR count). The lowest BCUT2D eigenvalue weighted by molar-refractivity contribution is -0.123. The topological polar surface area (TPSA) is 96.1 Å². The van der Waals surface area contributed by atoms with Crippen molar-refractivity contribution in [3.63, 3.8) is 0 Å². The molecule has 1 atom stereocenters. The van der Waals surface area contributed by atoms with Gasteiger partial charge in [0.15, 0.2) is 0 Å². The van der Waals surface area contributed by atoms with Crippen LogP contribution in [0.15, 0.2) is 85.2 Å². The van der Waals surface area contributed by atoms with Gasteiger partial charge >= 0.3 is 6.09 Å². The number of pyridine rings is 1. The second kappa shape index (κ2) is 10.3. The van der Waals surface area contributed by atoms with Crippen molar-refractivity contribution in [2.24, 2.45) is 0 Å². The summed E-state index contributed by atoms with van der Waals surface area (Å²) in [7, 11) is 0. The highest BCUT2D eigenvalue weighted by Gasteiger charge is 2.23. The molecule has 0 aliphatic heterocycles. The molecule has 0 bridgehead atoms. The number of benzene rings is 2. The van der Waals surface area contributed by atoms with Crippen LogP contribution in [0.4, 0.5) is 4.79 Å². The van der Waals surface area contributed by atoms with Crippen LogP contribution in [0.2, 0.25) is 0 Å². The zero-order chi connectivity index (χ0) is 22.2. The number of ether oxygens (including phenoxy) is 1. The van der Waals surface area contributed by atoms with Crippen LogP contribution < -0.4 is 10.6 Å². The second-order valence-electron chi connectivity index (χ2n) is 7.36. The van der Waals surface area contributed by atoms with Crippen molar-refractivity contribution in [1.82, 2.24) is 20.6 Å². The number of nitrogens with zero attached hydrogens (tertiary/aromatic N) is 1. The summed E-state index contributed by atoms with van der Waals surface area (Å²) in [6, 6.07) is 21.9. The molecule has 7 heteroatoms. The second-order valence-corrected chi connectivity index (χ2v) is 7.36. The van der Waals surface area contributed by atoms with Crippen LogP contribution in [0, 0.1) is 0 Å². The first-order valence-corrected chi connectivity index (χ1v) is 10.4. The van der Waals surface area contributed by atoms with Gasteiger partial charge in [-0.05, 0) is 29.3 Å². The fraction of sp³-hybridized carbons (Fsp3) is 0.160. The molecule has 3 N–H and O–H groups in total. The number of amides is 2. The third kappa shape index (κ3) is 5.51. The van der Waals surface area contributed by atoms with E-state index in [0.29, 0.717) is 6.42 Å². The van der Waals surface area contributed by atoms with Gasteiger partial charge in [-0.15, -0.1) is 0 Å². The summed E-state index contributed by atoms with van der Waals surface area (Å²) in [5.41, 5.74) is 3.51. The van der Waals surface area contributed by atoms with E-state index in [2.05, 4.69) is 20.6 Å². The molecule has 0 spiro atoms. The molecule has 0 aliphatic carbocycles. The van der Waals surface area contributed by atoms with E-state index in [1.54, 1.807) is 6.20 Å². The van der Waals surface area contributed by atoms with Gasteiger partial charge in [0.2, 0.25) is 5.91 Å². The highest BCUT2D eigenvalue weighted by atomic mass is 16.5. The molecule has 32 heavy (non-hydrogen) atoms. The van der Waals surface area contributed by atoms with Crippen molar-refractivity contribution < 1.29 is 14.3 Å². The summed E-state index contributed by atoms with van der Waals surface area (Å²) in [5.74, 6) is -0.308. The van der Waals surface area contributed by atoms with Gasteiger partial charge in [-0.25, -0.2) is 4.79 Å². The van der Waals surface area contributed by atoms with Gasteiger partial charge in [0, 0.05) is 29.7 Å². The zero-order valence-electron chi connectivity index (χ0n) is 17.5. The number of aromatic amines is 1. The maximum atomic E-state index is 13.0. The van der Waals surface area contributed by atoms with Crippen LogP contribution in [0.5, 0.6) is 0 Å². The molecule has 7 nitrogen and oxygen atoms in total. The number of fused-ring (bicyclic) bond motifs is 1. The minimum atomic E-state index is -0.804. The lowest BCUT2D eigenvalue weighted by Crippen LogP contribution is -2.48. The molecule has 0 saturated heterocycles. The third-order valence-electron chi connectivity index (χ3n) is 5.09. The fourth-order valence-corrected chi connectivity index (χ4v) is 3.44. The van der Waals surface area contributed by atoms with Gasteiger partial charge in [-0.2, -0.15) is 0 Å². The Hall–Kier alpha value is -4.13. The predicted octanol–water partition coefficient (Wildman–Crippen LogP) is 3.72. The number of hydrogen-bond acceptors (Lipinski definition) is 4. The Kier molecular flexibility index (Phi) is 6.77. The van der Waals surface area contributed by atoms with Crippen LogP contribution in [0.25, 0.3) is 10.9 Å². The van der Waals surface area contributed by atoms with Crippen molar-refractivity contribution in [3.8, 4) is 0 Å². The normalized spacial score (nSPS) is 11.6. The maximum Gasteiger partial charge on any atom is 0.408 e. The minimum absolute atomic E-state index is 0.127. The molecule has 0 fully saturated rings. The number of H-pyrrole nitrogens is 1. The number of hydrogen-bond donors (Lipinski definition) is 3. The molecular formula is C25H24N4O3. The summed E-state index contributed by atoms with van der Waals surface area (Å²) in [5, 5.41) is 6.58. The SMILES string of the molecule is O=C(NC(Cc1c[nH]c2ccccc12)C(=O)NCc1ccccn1)OCc1ccccc1. The highest BCUT2D eigenvalue weighted by Crippen LogP contribution is 2.19. The van der Waals surface area contributed by atoms with Crippen LogP contribution in [-0.2, 0) is 29.1 Å². The summed E-state index contributed by atoms with van der Waals surface area (Å²) < 4.78 is 5.33. The molecule has 1 unspecified atom stereocenters. The van der Waals surface area contributed by atoms with E-state index in [1.807, 2.05) is 79.0 Å². The number of nitrogens with one attached hydrogen (secondary N) is 3. The first-order chi connectivity index (χ1) is 15.7. The smallest absolute Gasteiger partial charge is 0.408 e. The Morgan fingerprint density at radius 2 is 1.75 bits per heavy atom. The summed E-state index contributed by atoms with van der Waals surface area (Å²) in [6.45, 7) is 0.396. The molecule has 162 valence electrons. The monoisotopic (exact) mass is 428 g/mol. The average molecular weight is 428 g/mol. The molecule has 2 aromatic heterocycles. The lowest BCUT2D eigenvalue weighted by atomic mass is 10.0. The largest absolute Gasteiger partial charge is 0.445 e. The van der Waals surface area contributed by atoms with Crippen LogP contribution in [0.3, 0.4) is 0 Å². The van der Waals surface area contributed by atoms with Crippen molar-refractivity contribution in [3.05, 3.63) is 102 Å². The van der Waals surface area contributed by atoms with Crippen molar-refractivity contribution >= 4 is 22.9 Å². The molecule has 2 aromatic carbocycles. The molecule has 0 radical (unpaired) electrons. The maximum absolute atomic E-state index is 13.0. The average Bonchev–Trinajstić information content (AvgIpc) is 3.25. The van der Waals surface area contributed by atoms with Crippen molar-refractivity contribution in [2.75, 3.05) is 0 Å². The molecule has 4 aromatic rings. The fourth-order valence-electron chi connectivity index (χ4n) is 3.44. The Balaban J connectivity index is 1.45. The standard InChI is InChI=1S/C25H24N4O3/c30-24(28-16-20-10-6-7-13-26-20)23(14-19-15-27-22-12-5-4-11-21(19)22)29-25(31)32-17-18-8-2-1-3-9-18/h1-13,15,23,27H,14,16-17H2,(H,28,30)(H,29,31). The van der Waals surface area contributed by atoms with E-state index in [1.165, 1.54) is 0 Å². The Morgan fingerprint density at radius 3 is 2.56 bits per heavy atom. The number of carbonyl (C=O) groups excluding carboxylic acids is 2. The van der Waals surface area contributed by atoms with Gasteiger partial charge in [-0.3, -0.25) is 9.78 Å². The quantitative estimate of drug-likeness (QED) is 0.399. The van der Waals surface area contributed by atoms with Crippen LogP contribution >= 0.6 is 0 Å². The first kappa shape index (κ1) is 21.1. The number of rotatable bonds is 8. The van der Waals surface area contributed by atoms with Gasteiger partial charge in [-0.1, -0.05) is 54.6 Å². The van der Waals surface area contributed by atoms with E-state index in [4.69, 9.17) is 4.74 Å². The van der Waals surface area contributed by atoms with E-state index >= 15 is 0 Å². The van der Waals surface area contributed by atoms with Gasteiger partial charge in [0.25, 0.3) is 0 Å². The van der Waals surface area contributed by atoms with Gasteiger partial charge in [0.1, 0.15) is 12.6 Å². The number of carbonyl (C=O) groups is 2. The summed E-state index contributed by atoms with van der Waals surface area (Å²) in [6.07, 6.45) is 3.20. The number of aromatic nitrogens is 2. The first-order valence-electron chi connectivity index (χ1n) is 10.4. The molecule has 0 aliphatic rings. The van der Waals surface area contributed by atoms with Crippen LogP contribution in [-0.4, -0.2) is 28.0 Å². The Bertz CT molecular complexity index is 1180.